The van der Waals surface area contributed by atoms with Crippen LogP contribution in [0.2, 0.25) is 0 Å². The van der Waals surface area contributed by atoms with E-state index in [1.807, 2.05) is 60.7 Å². The van der Waals surface area contributed by atoms with Crippen molar-refractivity contribution >= 4 is 18.0 Å². The molecule has 8 nitrogen and oxygen atoms in total. The molecule has 36 heavy (non-hydrogen) atoms. The molecule has 0 unspecified atom stereocenters. The molecule has 2 amide bonds. The van der Waals surface area contributed by atoms with Gasteiger partial charge >= 0.3 is 6.09 Å². The average molecular weight is 485 g/mol. The molecule has 8 heteroatoms. The number of carbonyl (C=O) groups is 2. The molecule has 0 bridgehead atoms. The molecule has 2 N–H and O–H groups in total. The van der Waals surface area contributed by atoms with Gasteiger partial charge in [-0.3, -0.25) is 20.4 Å². The Labute approximate surface area is 210 Å². The Bertz CT molecular complexity index is 1290. The summed E-state index contributed by atoms with van der Waals surface area (Å²) >= 11 is 0. The molecule has 3 rings (SSSR count). The summed E-state index contributed by atoms with van der Waals surface area (Å²) in [6.45, 7) is 5.39. The van der Waals surface area contributed by atoms with Gasteiger partial charge in [-0.25, -0.2) is 4.79 Å². The minimum Gasteiger partial charge on any atom is -0.488 e. The quantitative estimate of drug-likeness (QED) is 0.389. The number of hydrogen-bond donors (Lipinski definition) is 2. The molecular formula is C28H28N4O4. The summed E-state index contributed by atoms with van der Waals surface area (Å²) < 4.78 is 11.3. The van der Waals surface area contributed by atoms with Crippen molar-refractivity contribution in [3.8, 4) is 22.9 Å². The van der Waals surface area contributed by atoms with Gasteiger partial charge in [-0.15, -0.1) is 0 Å². The van der Waals surface area contributed by atoms with Gasteiger partial charge in [0.25, 0.3) is 5.91 Å². The second-order valence-electron chi connectivity index (χ2n) is 8.77. The predicted octanol–water partition coefficient (Wildman–Crippen LogP) is 5.04. The highest BCUT2D eigenvalue weighted by Crippen LogP contribution is 2.34. The lowest BCUT2D eigenvalue weighted by atomic mass is 9.93. The maximum atomic E-state index is 13.6. The van der Waals surface area contributed by atoms with Crippen LogP contribution in [0, 0.1) is 11.3 Å². The van der Waals surface area contributed by atoms with E-state index in [4.69, 9.17) is 9.47 Å². The molecule has 0 aliphatic carbocycles. The highest BCUT2D eigenvalue weighted by Gasteiger charge is 2.25. The van der Waals surface area contributed by atoms with Crippen LogP contribution in [0.5, 0.6) is 5.75 Å². The summed E-state index contributed by atoms with van der Waals surface area (Å²) in [6.07, 6.45) is -0.766. The van der Waals surface area contributed by atoms with E-state index in [1.54, 1.807) is 32.9 Å². The van der Waals surface area contributed by atoms with Crippen LogP contribution in [0.4, 0.5) is 4.79 Å². The largest absolute Gasteiger partial charge is 0.488 e. The fraction of sp³-hybridized carbons (Fsp3) is 0.214. The molecule has 3 aromatic carbocycles. The van der Waals surface area contributed by atoms with Crippen molar-refractivity contribution < 1.29 is 19.1 Å². The average Bonchev–Trinajstić information content (AvgIpc) is 2.86. The lowest BCUT2D eigenvalue weighted by molar-refractivity contribution is 0.0561. The van der Waals surface area contributed by atoms with Crippen LogP contribution in [0.1, 0.15) is 42.3 Å². The van der Waals surface area contributed by atoms with Gasteiger partial charge in [-0.1, -0.05) is 60.7 Å². The van der Waals surface area contributed by atoms with E-state index in [2.05, 4.69) is 21.7 Å². The zero-order valence-electron chi connectivity index (χ0n) is 20.7. The van der Waals surface area contributed by atoms with Gasteiger partial charge < -0.3 is 9.47 Å². The van der Waals surface area contributed by atoms with Crippen molar-refractivity contribution in [1.82, 2.24) is 10.6 Å². The molecule has 0 aliphatic rings. The number of ether oxygens (including phenoxy) is 2. The zero-order valence-corrected chi connectivity index (χ0v) is 20.7. The van der Waals surface area contributed by atoms with Gasteiger partial charge in [0, 0.05) is 12.6 Å². The van der Waals surface area contributed by atoms with E-state index in [1.165, 1.54) is 7.05 Å². The van der Waals surface area contributed by atoms with Gasteiger partial charge in [0.2, 0.25) is 5.96 Å². The number of hydrogen-bond acceptors (Lipinski definition) is 6. The maximum absolute atomic E-state index is 13.6. The molecule has 0 heterocycles. The molecule has 0 fully saturated rings. The fourth-order valence-electron chi connectivity index (χ4n) is 3.38. The first-order chi connectivity index (χ1) is 17.2. The van der Waals surface area contributed by atoms with E-state index in [9.17, 15) is 14.9 Å². The Morgan fingerprint density at radius 2 is 1.58 bits per heavy atom. The first kappa shape index (κ1) is 26.0. The van der Waals surface area contributed by atoms with E-state index in [0.717, 1.165) is 5.56 Å². The molecular weight excluding hydrogens is 456 g/mol. The van der Waals surface area contributed by atoms with Crippen molar-refractivity contribution in [2.45, 2.75) is 33.0 Å². The third-order valence-electron chi connectivity index (χ3n) is 4.89. The van der Waals surface area contributed by atoms with Crippen LogP contribution >= 0.6 is 0 Å². The summed E-state index contributed by atoms with van der Waals surface area (Å²) in [5.41, 5.74) is 1.70. The smallest absolute Gasteiger partial charge is 0.414 e. The van der Waals surface area contributed by atoms with Crippen molar-refractivity contribution in [3.63, 3.8) is 0 Å². The summed E-state index contributed by atoms with van der Waals surface area (Å²) in [7, 11) is 1.42. The van der Waals surface area contributed by atoms with Crippen molar-refractivity contribution in [2.24, 2.45) is 4.99 Å². The predicted molar refractivity (Wildman–Crippen MR) is 138 cm³/mol. The van der Waals surface area contributed by atoms with Crippen LogP contribution in [0.3, 0.4) is 0 Å². The van der Waals surface area contributed by atoms with Crippen LogP contribution in [0.25, 0.3) is 11.1 Å². The number of nitrogens with one attached hydrogen (secondary N) is 2. The fourth-order valence-corrected chi connectivity index (χ4v) is 3.38. The van der Waals surface area contributed by atoms with E-state index < -0.39 is 17.6 Å². The maximum Gasteiger partial charge on any atom is 0.414 e. The Morgan fingerprint density at radius 3 is 2.17 bits per heavy atom. The van der Waals surface area contributed by atoms with Crippen molar-refractivity contribution in [3.05, 3.63) is 89.5 Å². The molecule has 184 valence electrons. The number of nitriles is 1. The summed E-state index contributed by atoms with van der Waals surface area (Å²) in [5.74, 6) is -0.433. The monoisotopic (exact) mass is 484 g/mol. The standard InChI is InChI=1S/C28H28N4O4/c1-28(2,3)36-27(34)32-26(30-4)31-25(33)24-22(35-18-19-11-7-5-8-12-19)16-15-21(17-29)23(24)20-13-9-6-10-14-20/h5-16H,18H2,1-4H3,(H2,30,31,32,33,34). The van der Waals surface area contributed by atoms with Gasteiger partial charge in [-0.2, -0.15) is 5.26 Å². The van der Waals surface area contributed by atoms with E-state index in [0.29, 0.717) is 16.7 Å². The highest BCUT2D eigenvalue weighted by molar-refractivity contribution is 6.13. The van der Waals surface area contributed by atoms with E-state index >= 15 is 0 Å². The molecule has 0 saturated heterocycles. The normalized spacial score (nSPS) is 11.2. The topological polar surface area (TPSA) is 113 Å². The van der Waals surface area contributed by atoms with E-state index in [-0.39, 0.29) is 23.9 Å². The first-order valence-electron chi connectivity index (χ1n) is 11.3. The molecule has 0 spiro atoms. The number of guanidine groups is 1. The molecule has 0 radical (unpaired) electrons. The van der Waals surface area contributed by atoms with Crippen LogP contribution in [-0.2, 0) is 11.3 Å². The lowest BCUT2D eigenvalue weighted by Crippen LogP contribution is -2.45. The number of nitrogens with zero attached hydrogens (tertiary/aromatic N) is 2. The first-order valence-corrected chi connectivity index (χ1v) is 11.3. The van der Waals surface area contributed by atoms with Gasteiger partial charge in [-0.05, 0) is 44.0 Å². The molecule has 0 aromatic heterocycles. The molecule has 0 aliphatic heterocycles. The Morgan fingerprint density at radius 1 is 0.944 bits per heavy atom. The SMILES string of the molecule is CN=C(NC(=O)OC(C)(C)C)NC(=O)c1c(OCc2ccccc2)ccc(C#N)c1-c1ccccc1. The van der Waals surface area contributed by atoms with Crippen molar-refractivity contribution in [1.29, 1.82) is 5.26 Å². The van der Waals surface area contributed by atoms with Gasteiger partial charge in [0.05, 0.1) is 17.2 Å². The van der Waals surface area contributed by atoms with Gasteiger partial charge in [0.1, 0.15) is 18.0 Å². The van der Waals surface area contributed by atoms with Crippen LogP contribution in [0.15, 0.2) is 77.8 Å². The third-order valence-corrected chi connectivity index (χ3v) is 4.89. The summed E-state index contributed by atoms with van der Waals surface area (Å²) in [4.78, 5) is 29.8. The summed E-state index contributed by atoms with van der Waals surface area (Å²) in [5, 5.41) is 14.9. The zero-order chi connectivity index (χ0) is 26.1. The third kappa shape index (κ3) is 6.93. The number of aliphatic imine (C=N–C) groups is 1. The number of benzene rings is 3. The number of alkyl carbamates (subject to hydrolysis) is 1. The number of rotatable bonds is 5. The minimum atomic E-state index is -0.766. The van der Waals surface area contributed by atoms with Crippen LogP contribution < -0.4 is 15.4 Å². The molecule has 0 saturated carbocycles. The van der Waals surface area contributed by atoms with Gasteiger partial charge in [0.15, 0.2) is 0 Å². The second-order valence-corrected chi connectivity index (χ2v) is 8.77. The molecule has 0 atom stereocenters. The lowest BCUT2D eigenvalue weighted by Gasteiger charge is -2.21. The Hall–Kier alpha value is -4.64. The van der Waals surface area contributed by atoms with Crippen LogP contribution in [-0.4, -0.2) is 30.6 Å². The molecule has 3 aromatic rings. The number of carbonyl (C=O) groups excluding carboxylic acids is 2. The second kappa shape index (κ2) is 11.7. The van der Waals surface area contributed by atoms with Crippen molar-refractivity contribution in [2.75, 3.05) is 7.05 Å². The highest BCUT2D eigenvalue weighted by atomic mass is 16.6. The Kier molecular flexibility index (Phi) is 8.42. The summed E-state index contributed by atoms with van der Waals surface area (Å²) in [6, 6.07) is 24.0. The number of amides is 2. The Balaban J connectivity index is 2.01. The minimum absolute atomic E-state index is 0.107.